The van der Waals surface area contributed by atoms with Crippen LogP contribution in [0.2, 0.25) is 0 Å². The molecule has 142 valence electrons. The third-order valence-corrected chi connectivity index (χ3v) is 5.45. The molecule has 2 aromatic rings. The molecule has 0 spiro atoms. The van der Waals surface area contributed by atoms with Gasteiger partial charge in [0.05, 0.1) is 12.8 Å². The Morgan fingerprint density at radius 3 is 2.56 bits per heavy atom. The summed E-state index contributed by atoms with van der Waals surface area (Å²) in [5.74, 6) is 0.592. The summed E-state index contributed by atoms with van der Waals surface area (Å²) in [6.45, 7) is 4.01. The monoisotopic (exact) mass is 368 g/mol. The van der Waals surface area contributed by atoms with Gasteiger partial charge in [0.15, 0.2) is 5.78 Å². The molecule has 0 unspecified atom stereocenters. The van der Waals surface area contributed by atoms with Crippen molar-refractivity contribution in [3.8, 4) is 11.4 Å². The van der Waals surface area contributed by atoms with Gasteiger partial charge in [0, 0.05) is 25.1 Å². The first kappa shape index (κ1) is 17.7. The number of carbonyl (C=O) groups excluding carboxylic acids is 2. The molecule has 1 N–H and O–H groups in total. The smallest absolute Gasteiger partial charge is 0.273 e. The van der Waals surface area contributed by atoms with Crippen LogP contribution < -0.4 is 10.1 Å². The molecular weight excluding hydrogens is 344 g/mol. The number of nitrogens with zero attached hydrogens (tertiary/aromatic N) is 3. The second-order valence-electron chi connectivity index (χ2n) is 7.07. The van der Waals surface area contributed by atoms with Crippen LogP contribution in [0.5, 0.6) is 5.75 Å². The van der Waals surface area contributed by atoms with Gasteiger partial charge in [-0.3, -0.25) is 9.59 Å². The van der Waals surface area contributed by atoms with E-state index < -0.39 is 0 Å². The van der Waals surface area contributed by atoms with Gasteiger partial charge >= 0.3 is 0 Å². The molecule has 2 aliphatic rings. The second-order valence-corrected chi connectivity index (χ2v) is 7.07. The van der Waals surface area contributed by atoms with E-state index in [1.54, 1.807) is 11.8 Å². The van der Waals surface area contributed by atoms with Gasteiger partial charge in [-0.05, 0) is 56.6 Å². The Labute approximate surface area is 158 Å². The normalized spacial score (nSPS) is 17.7. The Balaban J connectivity index is 1.77. The van der Waals surface area contributed by atoms with E-state index in [-0.39, 0.29) is 17.7 Å². The Morgan fingerprint density at radius 2 is 1.93 bits per heavy atom. The highest BCUT2D eigenvalue weighted by atomic mass is 16.5. The van der Waals surface area contributed by atoms with Crippen LogP contribution in [-0.2, 0) is 6.42 Å². The first-order valence-electron chi connectivity index (χ1n) is 9.39. The number of nitrogens with one attached hydrogen (secondary N) is 1. The topological polar surface area (TPSA) is 76.5 Å². The van der Waals surface area contributed by atoms with Crippen molar-refractivity contribution in [3.05, 3.63) is 41.2 Å². The van der Waals surface area contributed by atoms with Gasteiger partial charge in [-0.1, -0.05) is 0 Å². The zero-order chi connectivity index (χ0) is 19.0. The summed E-state index contributed by atoms with van der Waals surface area (Å²) in [6.07, 6.45) is 2.57. The van der Waals surface area contributed by atoms with Crippen molar-refractivity contribution >= 4 is 11.7 Å². The fourth-order valence-corrected chi connectivity index (χ4v) is 4.04. The highest BCUT2D eigenvalue weighted by molar-refractivity contribution is 6.01. The van der Waals surface area contributed by atoms with Crippen LogP contribution in [0.1, 0.15) is 46.3 Å². The quantitative estimate of drug-likeness (QED) is 0.834. The number of amides is 1. The lowest BCUT2D eigenvalue weighted by atomic mass is 9.97. The summed E-state index contributed by atoms with van der Waals surface area (Å²) in [7, 11) is 1.61. The predicted octanol–water partition coefficient (Wildman–Crippen LogP) is 1.83. The minimum atomic E-state index is -0.110. The molecule has 0 saturated carbocycles. The Hall–Kier alpha value is -2.67. The van der Waals surface area contributed by atoms with Crippen LogP contribution in [0.15, 0.2) is 24.3 Å². The molecule has 7 nitrogen and oxygen atoms in total. The van der Waals surface area contributed by atoms with E-state index in [1.165, 1.54) is 6.92 Å². The molecule has 0 bridgehead atoms. The standard InChI is InChI=1S/C20H24N4O3/c1-13(25)18-17-9-12-23(14-7-10-21-11-8-14)20(26)19(17)24(22-18)15-3-5-16(27-2)6-4-15/h3-6,14,21H,7-12H2,1-2H3. The third-order valence-electron chi connectivity index (χ3n) is 5.45. The molecule has 3 heterocycles. The van der Waals surface area contributed by atoms with Crippen molar-refractivity contribution in [1.29, 1.82) is 0 Å². The van der Waals surface area contributed by atoms with Crippen LogP contribution >= 0.6 is 0 Å². The predicted molar refractivity (Wildman–Crippen MR) is 101 cm³/mol. The number of hydrogen-bond acceptors (Lipinski definition) is 5. The van der Waals surface area contributed by atoms with E-state index in [0.717, 1.165) is 42.9 Å². The van der Waals surface area contributed by atoms with Gasteiger partial charge in [-0.2, -0.15) is 5.10 Å². The number of rotatable bonds is 4. The Kier molecular flexibility index (Phi) is 4.70. The lowest BCUT2D eigenvalue weighted by Gasteiger charge is -2.37. The maximum Gasteiger partial charge on any atom is 0.273 e. The minimum Gasteiger partial charge on any atom is -0.497 e. The molecule has 0 aliphatic carbocycles. The van der Waals surface area contributed by atoms with Gasteiger partial charge in [0.2, 0.25) is 0 Å². The summed E-state index contributed by atoms with van der Waals surface area (Å²) < 4.78 is 6.84. The fourth-order valence-electron chi connectivity index (χ4n) is 4.04. The van der Waals surface area contributed by atoms with E-state index in [9.17, 15) is 9.59 Å². The minimum absolute atomic E-state index is 0.0287. The van der Waals surface area contributed by atoms with Crippen molar-refractivity contribution in [3.63, 3.8) is 0 Å². The van der Waals surface area contributed by atoms with E-state index in [2.05, 4.69) is 10.4 Å². The van der Waals surface area contributed by atoms with E-state index in [1.807, 2.05) is 29.2 Å². The first-order valence-corrected chi connectivity index (χ1v) is 9.39. The Morgan fingerprint density at radius 1 is 1.22 bits per heavy atom. The molecule has 1 saturated heterocycles. The van der Waals surface area contributed by atoms with Gasteiger partial charge in [0.1, 0.15) is 17.1 Å². The zero-order valence-electron chi connectivity index (χ0n) is 15.7. The van der Waals surface area contributed by atoms with Crippen molar-refractivity contribution in [2.24, 2.45) is 0 Å². The Bertz CT molecular complexity index is 866. The third kappa shape index (κ3) is 3.12. The number of methoxy groups -OCH3 is 1. The molecule has 1 aromatic heterocycles. The fraction of sp³-hybridized carbons (Fsp3) is 0.450. The van der Waals surface area contributed by atoms with Crippen molar-refractivity contribution in [2.45, 2.75) is 32.2 Å². The van der Waals surface area contributed by atoms with E-state index in [4.69, 9.17) is 4.74 Å². The largest absolute Gasteiger partial charge is 0.497 e. The number of benzene rings is 1. The van der Waals surface area contributed by atoms with Crippen molar-refractivity contribution in [1.82, 2.24) is 20.0 Å². The summed E-state index contributed by atoms with van der Waals surface area (Å²) in [5, 5.41) is 7.86. The van der Waals surface area contributed by atoms with Crippen LogP contribution in [0.25, 0.3) is 5.69 Å². The molecule has 0 atom stereocenters. The van der Waals surface area contributed by atoms with E-state index in [0.29, 0.717) is 24.4 Å². The molecule has 1 aromatic carbocycles. The number of hydrogen-bond donors (Lipinski definition) is 1. The molecule has 1 fully saturated rings. The lowest BCUT2D eigenvalue weighted by Crippen LogP contribution is -2.49. The van der Waals surface area contributed by atoms with Crippen LogP contribution in [0.3, 0.4) is 0 Å². The van der Waals surface area contributed by atoms with Crippen molar-refractivity contribution < 1.29 is 14.3 Å². The molecule has 0 radical (unpaired) electrons. The van der Waals surface area contributed by atoms with Crippen LogP contribution in [-0.4, -0.2) is 59.2 Å². The molecule has 1 amide bonds. The summed E-state index contributed by atoms with van der Waals surface area (Å²) in [6, 6.07) is 7.61. The molecule has 2 aliphatic heterocycles. The average Bonchev–Trinajstić information content (AvgIpc) is 3.10. The van der Waals surface area contributed by atoms with Gasteiger partial charge in [-0.25, -0.2) is 4.68 Å². The van der Waals surface area contributed by atoms with Gasteiger partial charge in [-0.15, -0.1) is 0 Å². The van der Waals surface area contributed by atoms with Crippen LogP contribution in [0, 0.1) is 0 Å². The number of ketones is 1. The number of aromatic nitrogens is 2. The molecule has 7 heteroatoms. The number of carbonyl (C=O) groups is 2. The molecular formula is C20H24N4O3. The highest BCUT2D eigenvalue weighted by Crippen LogP contribution is 2.29. The van der Waals surface area contributed by atoms with E-state index >= 15 is 0 Å². The first-order chi connectivity index (χ1) is 13.1. The summed E-state index contributed by atoms with van der Waals surface area (Å²) >= 11 is 0. The highest BCUT2D eigenvalue weighted by Gasteiger charge is 2.36. The summed E-state index contributed by atoms with van der Waals surface area (Å²) in [4.78, 5) is 27.5. The second kappa shape index (κ2) is 7.15. The average molecular weight is 368 g/mol. The zero-order valence-corrected chi connectivity index (χ0v) is 15.7. The van der Waals surface area contributed by atoms with Crippen LogP contribution in [0.4, 0.5) is 0 Å². The van der Waals surface area contributed by atoms with Crippen molar-refractivity contribution in [2.75, 3.05) is 26.7 Å². The number of piperidine rings is 1. The number of fused-ring (bicyclic) bond motifs is 1. The maximum atomic E-state index is 13.4. The SMILES string of the molecule is COc1ccc(-n2nc(C(C)=O)c3c2C(=O)N(C2CCNCC2)CC3)cc1. The number of ether oxygens (including phenoxy) is 1. The number of Topliss-reactive ketones (excluding diaryl/α,β-unsaturated/α-hetero) is 1. The summed E-state index contributed by atoms with van der Waals surface area (Å²) in [5.41, 5.74) is 2.45. The van der Waals surface area contributed by atoms with Gasteiger partial charge < -0.3 is 15.0 Å². The maximum absolute atomic E-state index is 13.4. The molecule has 27 heavy (non-hydrogen) atoms. The van der Waals surface area contributed by atoms with Gasteiger partial charge in [0.25, 0.3) is 5.91 Å². The lowest BCUT2D eigenvalue weighted by molar-refractivity contribution is 0.0614. The molecule has 4 rings (SSSR count).